The van der Waals surface area contributed by atoms with Crippen molar-refractivity contribution in [1.82, 2.24) is 34.4 Å². The molecule has 4 aromatic carbocycles. The minimum absolute atomic E-state index is 0.0778. The number of hydrogen-bond donors (Lipinski definition) is 3. The summed E-state index contributed by atoms with van der Waals surface area (Å²) in [5.74, 6) is -1.16. The Morgan fingerprint density at radius 1 is 0.596 bits per heavy atom. The first kappa shape index (κ1) is 63.4. The number of nitrogens with two attached hydrogens (primary N) is 1. The van der Waals surface area contributed by atoms with Crippen LogP contribution in [-0.4, -0.2) is 85.3 Å². The fraction of sp³-hybridized carbons (Fsp3) is 0.333. The van der Waals surface area contributed by atoms with Gasteiger partial charge in [0, 0.05) is 28.1 Å². The molecule has 89 heavy (non-hydrogen) atoms. The lowest BCUT2D eigenvalue weighted by Crippen LogP contribution is -2.28. The summed E-state index contributed by atoms with van der Waals surface area (Å²) in [5, 5.41) is 19.1. The van der Waals surface area contributed by atoms with Crippen LogP contribution in [0.3, 0.4) is 0 Å². The molecule has 1 amide bonds. The largest absolute Gasteiger partial charge is 0.480 e. The zero-order valence-electron chi connectivity index (χ0n) is 51.7. The molecule has 15 nitrogen and oxygen atoms in total. The van der Waals surface area contributed by atoms with Crippen molar-refractivity contribution in [2.45, 2.75) is 130 Å². The molecule has 6 heterocycles. The number of esters is 2. The molecule has 6 aromatic heterocycles. The van der Waals surface area contributed by atoms with Crippen LogP contribution < -0.4 is 11.1 Å². The smallest absolute Gasteiger partial charge is 0.337 e. The van der Waals surface area contributed by atoms with E-state index in [1.807, 2.05) is 74.7 Å². The number of hydrogen-bond acceptors (Lipinski definition) is 13. The van der Waals surface area contributed by atoms with Crippen LogP contribution in [0.1, 0.15) is 142 Å². The molecule has 2 fully saturated rings. The number of pyridine rings is 2. The maximum absolute atomic E-state index is 13.3. The van der Waals surface area contributed by atoms with Crippen molar-refractivity contribution in [1.29, 1.82) is 0 Å². The van der Waals surface area contributed by atoms with Crippen molar-refractivity contribution >= 4 is 90.1 Å². The molecule has 0 spiro atoms. The third kappa shape index (κ3) is 14.0. The standard InChI is InChI=1S/C36H38N4O3S.C32H31N3O4S.C4H9N/c1-5-6-18-37-32(41)21-40-31-20-27(36(42)43-4)12-15-28(31)33(24-10-8-7-9-11-24)34(40)26-14-16-29-25(19-26)13-17-30(39-29)35-22(2)38-23(3)44-35;1-18-31(40-19(2)33-18)26-14-10-21-15-22(11-13-25(21)34-26)30-29(20-7-5-4-6-8-20)24-12-9-23(32(38)39-3)16-27(24)35(30)17-28(36)37;1-2-3-4-5/h5,12-17,19-20,24H,1,6-11,18,21H2,2-4H3,(H,37,41);9-16,20H,4-8,17H2,1-3H3,(H,36,37);2H,1,3-5H2. The molecule has 2 saturated carbocycles. The van der Waals surface area contributed by atoms with Crippen LogP contribution in [0.5, 0.6) is 0 Å². The van der Waals surface area contributed by atoms with Gasteiger partial charge < -0.3 is 34.8 Å². The van der Waals surface area contributed by atoms with Crippen LogP contribution in [0.25, 0.3) is 87.3 Å². The van der Waals surface area contributed by atoms with Gasteiger partial charge in [0.2, 0.25) is 5.91 Å². The van der Waals surface area contributed by atoms with Crippen LogP contribution in [-0.2, 0) is 32.2 Å². The topological polar surface area (TPSA) is 206 Å². The number of carbonyl (C=O) groups is 4. The molecule has 0 unspecified atom stereocenters. The molecule has 10 aromatic rings. The van der Waals surface area contributed by atoms with Crippen LogP contribution >= 0.6 is 22.7 Å². The maximum atomic E-state index is 13.3. The van der Waals surface area contributed by atoms with Gasteiger partial charge in [0.25, 0.3) is 0 Å². The Labute approximate surface area is 527 Å². The Morgan fingerprint density at radius 3 is 1.43 bits per heavy atom. The summed E-state index contributed by atoms with van der Waals surface area (Å²) in [6.07, 6.45) is 16.7. The van der Waals surface area contributed by atoms with Crippen molar-refractivity contribution in [2.24, 2.45) is 5.73 Å². The summed E-state index contributed by atoms with van der Waals surface area (Å²) in [7, 11) is 2.75. The number of methoxy groups -OCH3 is 2. The molecule has 17 heteroatoms. The maximum Gasteiger partial charge on any atom is 0.337 e. The van der Waals surface area contributed by atoms with E-state index in [2.05, 4.69) is 75.5 Å². The number of nitrogens with zero attached hydrogens (tertiary/aromatic N) is 6. The number of fused-ring (bicyclic) bond motifs is 4. The number of amides is 1. The van der Waals surface area contributed by atoms with Gasteiger partial charge in [0.15, 0.2) is 0 Å². The molecule has 2 aliphatic carbocycles. The third-order valence-corrected chi connectivity index (χ3v) is 19.1. The van der Waals surface area contributed by atoms with Gasteiger partial charge in [0.05, 0.1) is 101 Å². The minimum Gasteiger partial charge on any atom is -0.480 e. The van der Waals surface area contributed by atoms with Crippen LogP contribution in [0, 0.1) is 27.7 Å². The van der Waals surface area contributed by atoms with E-state index in [9.17, 15) is 24.3 Å². The minimum atomic E-state index is -0.931. The molecular formula is C72H78N8O7S2. The summed E-state index contributed by atoms with van der Waals surface area (Å²) < 4.78 is 14.0. The van der Waals surface area contributed by atoms with Crippen LogP contribution in [0.4, 0.5) is 0 Å². The molecule has 12 rings (SSSR count). The summed E-state index contributed by atoms with van der Waals surface area (Å²) in [6.45, 7) is 16.5. The predicted octanol–water partition coefficient (Wildman–Crippen LogP) is 16.2. The van der Waals surface area contributed by atoms with Gasteiger partial charge in [-0.3, -0.25) is 9.59 Å². The number of thiazole rings is 2. The Hall–Kier alpha value is -8.64. The number of aryl methyl sites for hydroxylation is 4. The van der Waals surface area contributed by atoms with Gasteiger partial charge in [-0.2, -0.15) is 0 Å². The lowest BCUT2D eigenvalue weighted by molar-refractivity contribution is -0.137. The van der Waals surface area contributed by atoms with Gasteiger partial charge in [0.1, 0.15) is 13.1 Å². The Balaban J connectivity index is 0.000000183. The van der Waals surface area contributed by atoms with Gasteiger partial charge >= 0.3 is 17.9 Å². The second-order valence-corrected chi connectivity index (χ2v) is 25.4. The fourth-order valence-corrected chi connectivity index (χ4v) is 14.7. The molecule has 4 N–H and O–H groups in total. The van der Waals surface area contributed by atoms with E-state index in [1.54, 1.807) is 47.0 Å². The number of carboxylic acid groups (broad SMARTS) is 1. The predicted molar refractivity (Wildman–Crippen MR) is 360 cm³/mol. The van der Waals surface area contributed by atoms with Crippen molar-refractivity contribution in [3.05, 3.63) is 166 Å². The third-order valence-electron chi connectivity index (χ3n) is 16.9. The number of carboxylic acids is 1. The average Bonchev–Trinajstić information content (AvgIpc) is 1.64. The van der Waals surface area contributed by atoms with Crippen molar-refractivity contribution in [2.75, 3.05) is 27.3 Å². The van der Waals surface area contributed by atoms with Crippen molar-refractivity contribution in [3.8, 4) is 43.7 Å². The average molecular weight is 1230 g/mol. The van der Waals surface area contributed by atoms with E-state index in [-0.39, 0.29) is 19.0 Å². The number of carbonyl (C=O) groups excluding carboxylic acids is 3. The monoisotopic (exact) mass is 1230 g/mol. The second kappa shape index (κ2) is 28.7. The fourth-order valence-electron chi connectivity index (χ4n) is 12.9. The van der Waals surface area contributed by atoms with E-state index in [1.165, 1.54) is 51.0 Å². The molecule has 0 atom stereocenters. The summed E-state index contributed by atoms with van der Waals surface area (Å²) in [5.41, 5.74) is 19.5. The summed E-state index contributed by atoms with van der Waals surface area (Å²) in [6, 6.07) is 32.1. The van der Waals surface area contributed by atoms with Crippen LogP contribution in [0.15, 0.2) is 122 Å². The van der Waals surface area contributed by atoms with E-state index in [0.717, 1.165) is 160 Å². The SMILES string of the molecule is C=CCCN.C=CCCNC(=O)Cn1c(-c2ccc3nc(-c4sc(C)nc4C)ccc3c2)c(C2CCCCC2)c2ccc(C(=O)OC)cc21.COC(=O)c1ccc2c(C3CCCCC3)c(-c3ccc4nc(-c5sc(C)nc5C)ccc4c3)n(CC(=O)O)c2c1. The quantitative estimate of drug-likeness (QED) is 0.0442. The highest BCUT2D eigenvalue weighted by Gasteiger charge is 2.31. The molecule has 2 aliphatic rings. The number of aliphatic carboxylic acids is 1. The van der Waals surface area contributed by atoms with E-state index in [4.69, 9.17) is 25.2 Å². The normalized spacial score (nSPS) is 13.6. The number of rotatable bonds is 17. The lowest BCUT2D eigenvalue weighted by atomic mass is 9.81. The number of ether oxygens (including phenoxy) is 2. The lowest BCUT2D eigenvalue weighted by Gasteiger charge is -2.24. The number of aromatic nitrogens is 6. The van der Waals surface area contributed by atoms with Gasteiger partial charge in [-0.05, 0) is 168 Å². The van der Waals surface area contributed by atoms with Gasteiger partial charge in [-0.25, -0.2) is 29.5 Å². The van der Waals surface area contributed by atoms with Crippen molar-refractivity contribution < 1.29 is 33.8 Å². The first-order chi connectivity index (χ1) is 43.1. The summed E-state index contributed by atoms with van der Waals surface area (Å²) in [4.78, 5) is 71.7. The molecule has 0 radical (unpaired) electrons. The van der Waals surface area contributed by atoms with Gasteiger partial charge in [-0.15, -0.1) is 35.8 Å². The Bertz CT molecular complexity index is 4290. The highest BCUT2D eigenvalue weighted by Crippen LogP contribution is 2.47. The van der Waals surface area contributed by atoms with Gasteiger partial charge in [-0.1, -0.05) is 87.1 Å². The van der Waals surface area contributed by atoms with Crippen molar-refractivity contribution in [3.63, 3.8) is 0 Å². The number of benzene rings is 4. The first-order valence-electron chi connectivity index (χ1n) is 30.7. The highest BCUT2D eigenvalue weighted by molar-refractivity contribution is 7.15. The molecule has 0 aliphatic heterocycles. The van der Waals surface area contributed by atoms with E-state index >= 15 is 0 Å². The van der Waals surface area contributed by atoms with E-state index in [0.29, 0.717) is 35.9 Å². The second-order valence-electron chi connectivity index (χ2n) is 23.0. The van der Waals surface area contributed by atoms with Crippen LogP contribution in [0.2, 0.25) is 0 Å². The molecule has 0 bridgehead atoms. The van der Waals surface area contributed by atoms with E-state index < -0.39 is 17.9 Å². The zero-order chi connectivity index (χ0) is 62.9. The molecule has 0 saturated heterocycles. The Morgan fingerprint density at radius 2 is 1.04 bits per heavy atom. The first-order valence-corrected chi connectivity index (χ1v) is 32.4. The highest BCUT2D eigenvalue weighted by atomic mass is 32.1. The zero-order valence-corrected chi connectivity index (χ0v) is 53.4. The number of nitrogens with one attached hydrogen (secondary N) is 1. The molecular weight excluding hydrogens is 1150 g/mol. The summed E-state index contributed by atoms with van der Waals surface area (Å²) >= 11 is 3.31. The Kier molecular flexibility index (Phi) is 20.4. The molecule has 460 valence electrons.